The van der Waals surface area contributed by atoms with Crippen LogP contribution in [0.3, 0.4) is 0 Å². The molecule has 0 saturated heterocycles. The Morgan fingerprint density at radius 2 is 1.97 bits per heavy atom. The van der Waals surface area contributed by atoms with Crippen LogP contribution in [0.1, 0.15) is 11.1 Å². The molecular weight excluding hydrogens is 442 g/mol. The van der Waals surface area contributed by atoms with Gasteiger partial charge in [-0.05, 0) is 24.1 Å². The number of nitro groups is 1. The molecule has 9 nitrogen and oxygen atoms in total. The minimum absolute atomic E-state index is 0.0664. The summed E-state index contributed by atoms with van der Waals surface area (Å²) in [5.41, 5.74) is 2.05. The highest BCUT2D eigenvalue weighted by Gasteiger charge is 2.26. The highest BCUT2D eigenvalue weighted by Crippen LogP contribution is 2.33. The third kappa shape index (κ3) is 7.14. The van der Waals surface area contributed by atoms with E-state index in [4.69, 9.17) is 4.74 Å². The lowest BCUT2D eigenvalue weighted by Crippen LogP contribution is -2.41. The third-order valence-corrected chi connectivity index (χ3v) is 6.55. The fraction of sp³-hybridized carbons (Fsp3) is 0.350. The van der Waals surface area contributed by atoms with Crippen LogP contribution >= 0.6 is 11.8 Å². The topological polar surface area (TPSA) is 119 Å². The molecule has 0 heterocycles. The van der Waals surface area contributed by atoms with Crippen molar-refractivity contribution in [2.24, 2.45) is 0 Å². The number of methoxy groups -OCH3 is 1. The largest absolute Gasteiger partial charge is 0.495 e. The number of anilines is 1. The minimum atomic E-state index is -3.90. The first-order valence-corrected chi connectivity index (χ1v) is 12.3. The van der Waals surface area contributed by atoms with Crippen LogP contribution in [0.15, 0.2) is 42.5 Å². The fourth-order valence-electron chi connectivity index (χ4n) is 2.77. The minimum Gasteiger partial charge on any atom is -0.495 e. The van der Waals surface area contributed by atoms with Crippen molar-refractivity contribution >= 4 is 39.1 Å². The number of hydrogen-bond donors (Lipinski definition) is 1. The molecule has 168 valence electrons. The second-order valence-electron chi connectivity index (χ2n) is 6.71. The number of nitrogens with one attached hydrogen (secondary N) is 1. The molecule has 0 aliphatic carbocycles. The second-order valence-corrected chi connectivity index (χ2v) is 9.72. The molecule has 1 amide bonds. The number of carbonyl (C=O) groups excluding carboxylic acids is 1. The summed E-state index contributed by atoms with van der Waals surface area (Å²) in [6.45, 7) is 1.89. The summed E-state index contributed by atoms with van der Waals surface area (Å²) in [5.74, 6) is 1.05. The Labute approximate surface area is 186 Å². The van der Waals surface area contributed by atoms with Crippen molar-refractivity contribution in [3.8, 4) is 5.75 Å². The summed E-state index contributed by atoms with van der Waals surface area (Å²) in [6.07, 6.45) is 0.927. The van der Waals surface area contributed by atoms with E-state index in [-0.39, 0.29) is 17.1 Å². The van der Waals surface area contributed by atoms with Crippen LogP contribution in [-0.2, 0) is 20.6 Å². The number of sulfonamides is 1. The van der Waals surface area contributed by atoms with Crippen LogP contribution in [0.4, 0.5) is 11.4 Å². The molecule has 31 heavy (non-hydrogen) atoms. The Kier molecular flexibility index (Phi) is 8.69. The Hall–Kier alpha value is -2.79. The van der Waals surface area contributed by atoms with E-state index in [2.05, 4.69) is 11.4 Å². The summed E-state index contributed by atoms with van der Waals surface area (Å²) in [5, 5.41) is 13.8. The van der Waals surface area contributed by atoms with Crippen LogP contribution in [-0.4, -0.2) is 51.5 Å². The van der Waals surface area contributed by atoms with Crippen molar-refractivity contribution in [2.45, 2.75) is 12.7 Å². The lowest BCUT2D eigenvalue weighted by molar-refractivity contribution is -0.384. The Morgan fingerprint density at radius 3 is 2.58 bits per heavy atom. The van der Waals surface area contributed by atoms with Crippen molar-refractivity contribution in [2.75, 3.05) is 36.5 Å². The summed E-state index contributed by atoms with van der Waals surface area (Å²) in [6, 6.07) is 11.6. The predicted molar refractivity (Wildman–Crippen MR) is 122 cm³/mol. The van der Waals surface area contributed by atoms with Gasteiger partial charge in [0.25, 0.3) is 5.69 Å². The fourth-order valence-corrected chi connectivity index (χ4v) is 4.56. The molecule has 0 saturated carbocycles. The third-order valence-electron chi connectivity index (χ3n) is 4.42. The maximum atomic E-state index is 12.4. The van der Waals surface area contributed by atoms with Gasteiger partial charge in [0.15, 0.2) is 0 Å². The van der Waals surface area contributed by atoms with E-state index in [9.17, 15) is 23.3 Å². The van der Waals surface area contributed by atoms with Gasteiger partial charge in [-0.15, -0.1) is 0 Å². The second kappa shape index (κ2) is 11.0. The van der Waals surface area contributed by atoms with E-state index in [1.165, 1.54) is 30.4 Å². The molecule has 2 aromatic carbocycles. The van der Waals surface area contributed by atoms with Crippen LogP contribution in [0.5, 0.6) is 5.75 Å². The lowest BCUT2D eigenvalue weighted by Gasteiger charge is -2.23. The van der Waals surface area contributed by atoms with E-state index in [0.29, 0.717) is 12.3 Å². The van der Waals surface area contributed by atoms with Crippen LogP contribution in [0.2, 0.25) is 0 Å². The van der Waals surface area contributed by atoms with Gasteiger partial charge in [0.1, 0.15) is 18.0 Å². The van der Waals surface area contributed by atoms with Crippen molar-refractivity contribution in [3.63, 3.8) is 0 Å². The van der Waals surface area contributed by atoms with Crippen molar-refractivity contribution in [1.82, 2.24) is 5.32 Å². The summed E-state index contributed by atoms with van der Waals surface area (Å²) in [4.78, 5) is 22.8. The molecule has 11 heteroatoms. The number of non-ortho nitro benzene ring substituents is 1. The number of aryl methyl sites for hydroxylation is 1. The highest BCUT2D eigenvalue weighted by atomic mass is 32.2. The van der Waals surface area contributed by atoms with Gasteiger partial charge in [-0.2, -0.15) is 11.8 Å². The smallest absolute Gasteiger partial charge is 0.271 e. The summed E-state index contributed by atoms with van der Waals surface area (Å²) in [7, 11) is -2.58. The predicted octanol–water partition coefficient (Wildman–Crippen LogP) is 2.73. The normalized spacial score (nSPS) is 11.1. The number of benzene rings is 2. The zero-order chi connectivity index (χ0) is 23.0. The molecule has 0 atom stereocenters. The number of ether oxygens (including phenoxy) is 1. The molecular formula is C20H25N3O6S2. The quantitative estimate of drug-likeness (QED) is 0.307. The number of hydrogen-bond acceptors (Lipinski definition) is 7. The number of carbonyl (C=O) groups is 1. The summed E-state index contributed by atoms with van der Waals surface area (Å²) >= 11 is 1.65. The number of thioether (sulfide) groups is 1. The maximum absolute atomic E-state index is 12.4. The van der Waals surface area contributed by atoms with Gasteiger partial charge in [0.05, 0.1) is 18.3 Å². The molecule has 0 bridgehead atoms. The number of rotatable bonds is 11. The van der Waals surface area contributed by atoms with Gasteiger partial charge < -0.3 is 10.1 Å². The van der Waals surface area contributed by atoms with Gasteiger partial charge in [0.2, 0.25) is 15.9 Å². The number of nitro benzene ring substituents is 1. The van der Waals surface area contributed by atoms with Gasteiger partial charge in [0, 0.05) is 30.2 Å². The molecule has 2 rings (SSSR count). The summed E-state index contributed by atoms with van der Waals surface area (Å²) < 4.78 is 30.5. The first-order chi connectivity index (χ1) is 14.6. The average molecular weight is 468 g/mol. The van der Waals surface area contributed by atoms with Gasteiger partial charge in [-0.1, -0.05) is 24.3 Å². The first-order valence-electron chi connectivity index (χ1n) is 9.32. The molecule has 0 radical (unpaired) electrons. The maximum Gasteiger partial charge on any atom is 0.271 e. The van der Waals surface area contributed by atoms with Gasteiger partial charge in [-0.3, -0.25) is 19.2 Å². The molecule has 0 aliphatic heterocycles. The lowest BCUT2D eigenvalue weighted by atomic mass is 10.1. The molecule has 0 spiro atoms. The van der Waals surface area contributed by atoms with Crippen molar-refractivity contribution in [1.29, 1.82) is 0 Å². The number of amides is 1. The first kappa shape index (κ1) is 24.5. The molecule has 1 N–H and O–H groups in total. The molecule has 0 aliphatic rings. The van der Waals surface area contributed by atoms with E-state index in [1.807, 2.05) is 25.1 Å². The zero-order valence-corrected chi connectivity index (χ0v) is 19.2. The highest BCUT2D eigenvalue weighted by molar-refractivity contribution is 7.98. The number of nitrogens with zero attached hydrogens (tertiary/aromatic N) is 2. The van der Waals surface area contributed by atoms with Crippen LogP contribution in [0.25, 0.3) is 0 Å². The molecule has 2 aromatic rings. The van der Waals surface area contributed by atoms with Crippen LogP contribution in [0, 0.1) is 17.0 Å². The van der Waals surface area contributed by atoms with E-state index < -0.39 is 27.4 Å². The van der Waals surface area contributed by atoms with E-state index >= 15 is 0 Å². The van der Waals surface area contributed by atoms with Crippen LogP contribution < -0.4 is 14.4 Å². The van der Waals surface area contributed by atoms with E-state index in [1.54, 1.807) is 11.8 Å². The molecule has 0 unspecified atom stereocenters. The standard InChI is InChI=1S/C20H25N3O6S2/c1-15-6-4-5-7-16(15)14-30-11-10-21-20(24)13-22(31(3,27)28)18-12-17(23(25)26)8-9-19(18)29-2/h4-9,12H,10-11,13-14H2,1-3H3,(H,21,24). The van der Waals surface area contributed by atoms with Gasteiger partial charge in [-0.25, -0.2) is 8.42 Å². The average Bonchev–Trinajstić information content (AvgIpc) is 2.71. The Balaban J connectivity index is 2.00. The monoisotopic (exact) mass is 467 g/mol. The van der Waals surface area contributed by atoms with Crippen molar-refractivity contribution < 1.29 is 22.9 Å². The zero-order valence-electron chi connectivity index (χ0n) is 17.5. The van der Waals surface area contributed by atoms with E-state index in [0.717, 1.165) is 22.4 Å². The SMILES string of the molecule is COc1ccc([N+](=O)[O-])cc1N(CC(=O)NCCSCc1ccccc1C)S(C)(=O)=O. The Morgan fingerprint density at radius 1 is 1.26 bits per heavy atom. The Bertz CT molecular complexity index is 1040. The van der Waals surface area contributed by atoms with Crippen molar-refractivity contribution in [3.05, 3.63) is 63.7 Å². The van der Waals surface area contributed by atoms with Gasteiger partial charge >= 0.3 is 0 Å². The molecule has 0 aromatic heterocycles. The molecule has 0 fully saturated rings.